The number of benzene rings is 2. The zero-order chi connectivity index (χ0) is 16.8. The number of aromatic nitrogens is 3. The molecule has 0 amide bonds. The molecule has 24 heavy (non-hydrogen) atoms. The van der Waals surface area contributed by atoms with Crippen molar-refractivity contribution in [2.75, 3.05) is 5.73 Å². The fraction of sp³-hybridized carbons (Fsp3) is 0. The Morgan fingerprint density at radius 3 is 2.42 bits per heavy atom. The Balaban J connectivity index is 2.17. The minimum Gasteiger partial charge on any atom is -0.384 e. The van der Waals surface area contributed by atoms with E-state index in [0.717, 1.165) is 12.1 Å². The third-order valence-corrected chi connectivity index (χ3v) is 3.76. The first-order valence-electron chi connectivity index (χ1n) is 7.02. The topological polar surface area (TPSA) is 80.5 Å². The molecule has 2 aromatic heterocycles. The van der Waals surface area contributed by atoms with Gasteiger partial charge in [0.1, 0.15) is 34.6 Å². The molecular weight excluding hydrogens is 312 g/mol. The van der Waals surface area contributed by atoms with Crippen LogP contribution in [-0.2, 0) is 0 Å². The van der Waals surface area contributed by atoms with Gasteiger partial charge < -0.3 is 5.73 Å². The van der Waals surface area contributed by atoms with Crippen molar-refractivity contribution < 1.29 is 8.78 Å². The van der Waals surface area contributed by atoms with Crippen LogP contribution in [0.15, 0.2) is 42.5 Å². The maximum absolute atomic E-state index is 14.2. The van der Waals surface area contributed by atoms with Gasteiger partial charge in [-0.05, 0) is 24.3 Å². The molecule has 0 spiro atoms. The summed E-state index contributed by atoms with van der Waals surface area (Å²) in [6, 6.07) is 12.2. The highest BCUT2D eigenvalue weighted by molar-refractivity contribution is 5.93. The smallest absolute Gasteiger partial charge is 0.167 e. The van der Waals surface area contributed by atoms with Gasteiger partial charge in [0.15, 0.2) is 5.65 Å². The van der Waals surface area contributed by atoms with Crippen LogP contribution in [0.3, 0.4) is 0 Å². The van der Waals surface area contributed by atoms with Crippen molar-refractivity contribution in [3.63, 3.8) is 0 Å². The Morgan fingerprint density at radius 1 is 1.04 bits per heavy atom. The summed E-state index contributed by atoms with van der Waals surface area (Å²) in [5.41, 5.74) is 7.83. The van der Waals surface area contributed by atoms with E-state index < -0.39 is 11.6 Å². The first-order chi connectivity index (χ1) is 11.6. The van der Waals surface area contributed by atoms with Crippen LogP contribution in [0.5, 0.6) is 0 Å². The third kappa shape index (κ3) is 1.90. The van der Waals surface area contributed by atoms with Gasteiger partial charge in [0.2, 0.25) is 0 Å². The summed E-state index contributed by atoms with van der Waals surface area (Å²) in [6.07, 6.45) is 0. The zero-order valence-electron chi connectivity index (χ0n) is 12.2. The Kier molecular flexibility index (Phi) is 2.93. The molecule has 0 aliphatic carbocycles. The number of nitrogens with zero attached hydrogens (tertiary/aromatic N) is 4. The maximum atomic E-state index is 14.2. The third-order valence-electron chi connectivity index (χ3n) is 3.76. The van der Waals surface area contributed by atoms with Gasteiger partial charge in [0, 0.05) is 6.07 Å². The molecule has 0 aliphatic rings. The summed E-state index contributed by atoms with van der Waals surface area (Å²) in [4.78, 5) is 8.88. The highest BCUT2D eigenvalue weighted by atomic mass is 19.1. The van der Waals surface area contributed by atoms with Crippen LogP contribution in [0.25, 0.3) is 27.9 Å². The molecule has 0 bridgehead atoms. The van der Waals surface area contributed by atoms with Crippen molar-refractivity contribution in [2.24, 2.45) is 0 Å². The van der Waals surface area contributed by atoms with Crippen molar-refractivity contribution in [1.82, 2.24) is 14.5 Å². The van der Waals surface area contributed by atoms with Crippen LogP contribution in [0, 0.1) is 23.0 Å². The average Bonchev–Trinajstić information content (AvgIpc) is 2.83. The molecule has 0 fully saturated rings. The van der Waals surface area contributed by atoms with Gasteiger partial charge in [-0.15, -0.1) is 0 Å². The van der Waals surface area contributed by atoms with Crippen LogP contribution in [-0.4, -0.2) is 14.5 Å². The van der Waals surface area contributed by atoms with Crippen LogP contribution in [0.4, 0.5) is 14.6 Å². The molecule has 2 aromatic carbocycles. The predicted octanol–water partition coefficient (Wildman–Crippen LogP) is 3.31. The quantitative estimate of drug-likeness (QED) is 0.583. The number of hydrogen-bond acceptors (Lipinski definition) is 4. The lowest BCUT2D eigenvalue weighted by molar-refractivity contribution is 0.579. The summed E-state index contributed by atoms with van der Waals surface area (Å²) in [6.45, 7) is 0. The number of nitrogens with two attached hydrogens (primary N) is 1. The van der Waals surface area contributed by atoms with E-state index >= 15 is 0 Å². The van der Waals surface area contributed by atoms with Crippen molar-refractivity contribution >= 4 is 28.0 Å². The lowest BCUT2D eigenvalue weighted by atomic mass is 10.2. The van der Waals surface area contributed by atoms with Gasteiger partial charge in [0.25, 0.3) is 0 Å². The van der Waals surface area contributed by atoms with E-state index in [4.69, 9.17) is 5.73 Å². The van der Waals surface area contributed by atoms with Crippen LogP contribution in [0.1, 0.15) is 5.56 Å². The summed E-state index contributed by atoms with van der Waals surface area (Å²) in [7, 11) is 0. The number of anilines is 1. The lowest BCUT2D eigenvalue weighted by Crippen LogP contribution is -2.04. The van der Waals surface area contributed by atoms with Gasteiger partial charge in [-0.1, -0.05) is 12.1 Å². The van der Waals surface area contributed by atoms with Gasteiger partial charge in [-0.3, -0.25) is 4.57 Å². The Labute approximate surface area is 134 Å². The number of halogens is 2. The van der Waals surface area contributed by atoms with Crippen molar-refractivity contribution in [3.8, 4) is 11.8 Å². The summed E-state index contributed by atoms with van der Waals surface area (Å²) >= 11 is 0. The Bertz CT molecular complexity index is 1160. The van der Waals surface area contributed by atoms with Crippen LogP contribution < -0.4 is 5.73 Å². The first-order valence-corrected chi connectivity index (χ1v) is 7.02. The highest BCUT2D eigenvalue weighted by Gasteiger charge is 2.21. The van der Waals surface area contributed by atoms with E-state index in [-0.39, 0.29) is 28.2 Å². The summed E-state index contributed by atoms with van der Waals surface area (Å²) in [5, 5.41) is 9.40. The van der Waals surface area contributed by atoms with E-state index in [9.17, 15) is 14.0 Å². The minimum atomic E-state index is -0.807. The number of nitrogen functional groups attached to an aromatic ring is 1. The minimum absolute atomic E-state index is 0.00461. The van der Waals surface area contributed by atoms with Crippen LogP contribution in [0.2, 0.25) is 0 Å². The van der Waals surface area contributed by atoms with E-state index in [1.165, 1.54) is 10.6 Å². The molecule has 4 rings (SSSR count). The molecule has 5 nitrogen and oxygen atoms in total. The van der Waals surface area contributed by atoms with Crippen molar-refractivity contribution in [2.45, 2.75) is 0 Å². The molecule has 116 valence electrons. The second-order valence-electron chi connectivity index (χ2n) is 5.19. The number of fused-ring (bicyclic) bond motifs is 2. The number of para-hydroxylation sites is 2. The standard InChI is InChI=1S/C17H9F2N5/c18-9-5-6-14(11(19)7-9)24-16(21)10(8-20)15-17(24)23-13-4-2-1-3-12(13)22-15/h1-7H,21H2. The molecule has 0 radical (unpaired) electrons. The average molecular weight is 321 g/mol. The second-order valence-corrected chi connectivity index (χ2v) is 5.19. The molecule has 0 atom stereocenters. The highest BCUT2D eigenvalue weighted by Crippen LogP contribution is 2.31. The lowest BCUT2D eigenvalue weighted by Gasteiger charge is -2.08. The van der Waals surface area contributed by atoms with Crippen LogP contribution >= 0.6 is 0 Å². The largest absolute Gasteiger partial charge is 0.384 e. The second kappa shape index (κ2) is 4.99. The van der Waals surface area contributed by atoms with E-state index in [1.807, 2.05) is 6.07 Å². The first kappa shape index (κ1) is 14.1. The predicted molar refractivity (Wildman–Crippen MR) is 85.4 cm³/mol. The molecule has 0 saturated heterocycles. The zero-order valence-corrected chi connectivity index (χ0v) is 12.2. The van der Waals surface area contributed by atoms with Gasteiger partial charge in [-0.2, -0.15) is 5.26 Å². The SMILES string of the molecule is N#Cc1c(N)n(-c2ccc(F)cc2F)c2nc3ccccc3nc12. The monoisotopic (exact) mass is 321 g/mol. The Morgan fingerprint density at radius 2 is 1.75 bits per heavy atom. The molecule has 2 N–H and O–H groups in total. The number of hydrogen-bond donors (Lipinski definition) is 1. The van der Waals surface area contributed by atoms with Crippen molar-refractivity contribution in [1.29, 1.82) is 5.26 Å². The van der Waals surface area contributed by atoms with E-state index in [0.29, 0.717) is 11.0 Å². The Hall–Kier alpha value is -3.53. The summed E-state index contributed by atoms with van der Waals surface area (Å²) in [5.74, 6) is -1.50. The van der Waals surface area contributed by atoms with E-state index in [2.05, 4.69) is 9.97 Å². The molecule has 0 unspecified atom stereocenters. The molecule has 4 aromatic rings. The molecule has 0 saturated carbocycles. The van der Waals surface area contributed by atoms with Gasteiger partial charge in [-0.25, -0.2) is 18.7 Å². The van der Waals surface area contributed by atoms with Crippen molar-refractivity contribution in [3.05, 3.63) is 59.7 Å². The molecule has 7 heteroatoms. The fourth-order valence-corrected chi connectivity index (χ4v) is 2.68. The normalized spacial score (nSPS) is 11.0. The molecular formula is C17H9F2N5. The number of rotatable bonds is 1. The van der Waals surface area contributed by atoms with Gasteiger partial charge >= 0.3 is 0 Å². The molecule has 0 aliphatic heterocycles. The fourth-order valence-electron chi connectivity index (χ4n) is 2.68. The summed E-state index contributed by atoms with van der Waals surface area (Å²) < 4.78 is 28.7. The maximum Gasteiger partial charge on any atom is 0.167 e. The van der Waals surface area contributed by atoms with Gasteiger partial charge in [0.05, 0.1) is 16.7 Å². The molecule has 2 heterocycles. The van der Waals surface area contributed by atoms with E-state index in [1.54, 1.807) is 24.3 Å². The number of nitriles is 1.